The molecule has 1 fully saturated rings. The number of amides is 1. The molecule has 1 aliphatic rings. The van der Waals surface area contributed by atoms with Crippen LogP contribution < -0.4 is 4.74 Å². The second-order valence-electron chi connectivity index (χ2n) is 7.19. The van der Waals surface area contributed by atoms with Crippen LogP contribution in [0.2, 0.25) is 0 Å². The molecule has 160 valence electrons. The van der Waals surface area contributed by atoms with Gasteiger partial charge < -0.3 is 24.6 Å². The van der Waals surface area contributed by atoms with Gasteiger partial charge in [-0.15, -0.1) is 0 Å². The molecule has 29 heavy (non-hydrogen) atoms. The van der Waals surface area contributed by atoms with E-state index in [-0.39, 0.29) is 18.6 Å². The summed E-state index contributed by atoms with van der Waals surface area (Å²) in [7, 11) is 1.61. The van der Waals surface area contributed by atoms with Crippen LogP contribution in [0.4, 0.5) is 4.79 Å². The fraction of sp³-hybridized carbons (Fsp3) is 0.545. The smallest absolute Gasteiger partial charge is 0.496 e. The van der Waals surface area contributed by atoms with E-state index < -0.39 is 12.3 Å². The van der Waals surface area contributed by atoms with Gasteiger partial charge in [0.15, 0.2) is 0 Å². The lowest BCUT2D eigenvalue weighted by molar-refractivity contribution is -0.135. The number of para-hydroxylation sites is 1. The summed E-state index contributed by atoms with van der Waals surface area (Å²) in [5.41, 5.74) is 0.937. The molecule has 0 saturated carbocycles. The fourth-order valence-electron chi connectivity index (χ4n) is 3.58. The molecule has 0 spiro atoms. The van der Waals surface area contributed by atoms with Crippen molar-refractivity contribution in [2.75, 3.05) is 20.3 Å². The van der Waals surface area contributed by atoms with Crippen LogP contribution in [0.3, 0.4) is 0 Å². The normalized spacial score (nSPS) is 18.1. The first-order chi connectivity index (χ1) is 14.0. The van der Waals surface area contributed by atoms with Gasteiger partial charge in [-0.2, -0.15) is 0 Å². The van der Waals surface area contributed by atoms with Crippen molar-refractivity contribution < 1.29 is 29.3 Å². The molecule has 7 nitrogen and oxygen atoms in total. The molecule has 0 aromatic heterocycles. The van der Waals surface area contributed by atoms with E-state index in [1.54, 1.807) is 13.2 Å². The van der Waals surface area contributed by atoms with Crippen molar-refractivity contribution in [2.45, 2.75) is 57.1 Å². The summed E-state index contributed by atoms with van der Waals surface area (Å²) in [6, 6.07) is 7.59. The highest BCUT2D eigenvalue weighted by Gasteiger charge is 2.25. The topological polar surface area (TPSA) is 96.3 Å². The molecule has 1 aliphatic heterocycles. The van der Waals surface area contributed by atoms with Gasteiger partial charge in [-0.05, 0) is 43.7 Å². The lowest BCUT2D eigenvalue weighted by atomic mass is 9.99. The summed E-state index contributed by atoms with van der Waals surface area (Å²) in [5.74, 6) is 0.883. The minimum atomic E-state index is -1.26. The number of carboxylic acid groups (broad SMARTS) is 1. The average Bonchev–Trinajstić information content (AvgIpc) is 2.70. The highest BCUT2D eigenvalue weighted by atomic mass is 16.7. The molecule has 1 unspecified atom stereocenters. The first-order valence-corrected chi connectivity index (χ1v) is 10.1. The Morgan fingerprint density at radius 3 is 2.86 bits per heavy atom. The average molecular weight is 405 g/mol. The minimum absolute atomic E-state index is 0.0150. The van der Waals surface area contributed by atoms with E-state index in [2.05, 4.69) is 4.74 Å². The number of piperidine rings is 1. The molecule has 0 bridgehead atoms. The van der Waals surface area contributed by atoms with Crippen molar-refractivity contribution in [2.24, 2.45) is 0 Å². The van der Waals surface area contributed by atoms with Crippen molar-refractivity contribution in [3.05, 3.63) is 42.0 Å². The van der Waals surface area contributed by atoms with E-state index in [9.17, 15) is 14.7 Å². The molecule has 2 atom stereocenters. The van der Waals surface area contributed by atoms with Gasteiger partial charge in [0.1, 0.15) is 5.75 Å². The number of unbranched alkanes of at least 4 members (excludes halogenated alkanes) is 2. The number of nitrogens with zero attached hydrogens (tertiary/aromatic N) is 1. The van der Waals surface area contributed by atoms with Crippen LogP contribution in [0.1, 0.15) is 44.1 Å². The van der Waals surface area contributed by atoms with E-state index in [0.29, 0.717) is 25.8 Å². The Morgan fingerprint density at radius 2 is 2.10 bits per heavy atom. The second-order valence-corrected chi connectivity index (χ2v) is 7.19. The van der Waals surface area contributed by atoms with Gasteiger partial charge in [-0.1, -0.05) is 30.4 Å². The summed E-state index contributed by atoms with van der Waals surface area (Å²) in [4.78, 5) is 24.5. The van der Waals surface area contributed by atoms with E-state index in [0.717, 1.165) is 37.0 Å². The number of hydrogen-bond acceptors (Lipinski definition) is 5. The van der Waals surface area contributed by atoms with Crippen molar-refractivity contribution >= 4 is 12.1 Å². The van der Waals surface area contributed by atoms with Gasteiger partial charge in [0, 0.05) is 19.4 Å². The van der Waals surface area contributed by atoms with Crippen LogP contribution in [0.25, 0.3) is 0 Å². The van der Waals surface area contributed by atoms with Crippen LogP contribution in [-0.2, 0) is 16.0 Å². The summed E-state index contributed by atoms with van der Waals surface area (Å²) < 4.78 is 9.82. The highest BCUT2D eigenvalue weighted by molar-refractivity contribution is 5.77. The standard InChI is InChI=1S/C22H31NO6/c1-28-20-10-4-3-8-17(20)16-19(24)13-12-18-9-7-11-21(25)23(18)14-5-2-6-15-29-22(26)27/h3-4,8,10,12-13,18-19,24H,2,5-7,9,11,14-16H2,1H3,(H,26,27)/b13-12+/t18-,19?/m1/s1. The first kappa shape index (κ1) is 22.7. The third-order valence-corrected chi connectivity index (χ3v) is 5.06. The zero-order chi connectivity index (χ0) is 21.1. The van der Waals surface area contributed by atoms with Crippen LogP contribution in [0.15, 0.2) is 36.4 Å². The molecular formula is C22H31NO6. The zero-order valence-electron chi connectivity index (χ0n) is 17.0. The Hall–Kier alpha value is -2.54. The monoisotopic (exact) mass is 405 g/mol. The molecule has 2 N–H and O–H groups in total. The predicted molar refractivity (Wildman–Crippen MR) is 109 cm³/mol. The number of methoxy groups -OCH3 is 1. The van der Waals surface area contributed by atoms with Crippen molar-refractivity contribution in [1.29, 1.82) is 0 Å². The Bertz CT molecular complexity index is 690. The molecule has 1 aromatic carbocycles. The van der Waals surface area contributed by atoms with Crippen LogP contribution in [-0.4, -0.2) is 59.6 Å². The van der Waals surface area contributed by atoms with Crippen LogP contribution in [0.5, 0.6) is 5.75 Å². The summed E-state index contributed by atoms with van der Waals surface area (Å²) in [6.45, 7) is 0.811. The second kappa shape index (κ2) is 12.1. The summed E-state index contributed by atoms with van der Waals surface area (Å²) >= 11 is 0. The Balaban J connectivity index is 1.85. The highest BCUT2D eigenvalue weighted by Crippen LogP contribution is 2.22. The van der Waals surface area contributed by atoms with Gasteiger partial charge in [-0.3, -0.25) is 4.79 Å². The lowest BCUT2D eigenvalue weighted by Crippen LogP contribution is -2.43. The number of carbonyl (C=O) groups excluding carboxylic acids is 1. The number of likely N-dealkylation sites (tertiary alicyclic amines) is 1. The van der Waals surface area contributed by atoms with Gasteiger partial charge in [0.25, 0.3) is 0 Å². The first-order valence-electron chi connectivity index (χ1n) is 10.1. The summed E-state index contributed by atoms with van der Waals surface area (Å²) in [5, 5.41) is 18.9. The molecule has 7 heteroatoms. The Morgan fingerprint density at radius 1 is 1.31 bits per heavy atom. The molecule has 2 rings (SSSR count). The number of benzene rings is 1. The molecule has 1 saturated heterocycles. The Labute approximate surface area is 171 Å². The number of ether oxygens (including phenoxy) is 2. The molecule has 1 amide bonds. The lowest BCUT2D eigenvalue weighted by Gasteiger charge is -2.34. The summed E-state index contributed by atoms with van der Waals surface area (Å²) in [6.07, 6.45) is 6.76. The molecule has 1 aromatic rings. The number of carbonyl (C=O) groups is 2. The number of hydrogen-bond donors (Lipinski definition) is 2. The molecule has 0 aliphatic carbocycles. The van der Waals surface area contributed by atoms with Gasteiger partial charge >= 0.3 is 6.16 Å². The third kappa shape index (κ3) is 7.77. The maximum absolute atomic E-state index is 12.3. The fourth-order valence-corrected chi connectivity index (χ4v) is 3.58. The Kier molecular flexibility index (Phi) is 9.50. The van der Waals surface area contributed by atoms with Crippen molar-refractivity contribution in [1.82, 2.24) is 4.90 Å². The maximum Gasteiger partial charge on any atom is 0.505 e. The number of aliphatic hydroxyl groups is 1. The maximum atomic E-state index is 12.3. The van der Waals surface area contributed by atoms with Crippen LogP contribution >= 0.6 is 0 Å². The molecule has 1 heterocycles. The molecular weight excluding hydrogens is 374 g/mol. The third-order valence-electron chi connectivity index (χ3n) is 5.06. The predicted octanol–water partition coefficient (Wildman–Crippen LogP) is 3.40. The van der Waals surface area contributed by atoms with Gasteiger partial charge in [0.2, 0.25) is 5.91 Å². The number of rotatable bonds is 11. The SMILES string of the molecule is COc1ccccc1CC(O)/C=C/[C@H]1CCCC(=O)N1CCCCCOC(=O)O. The minimum Gasteiger partial charge on any atom is -0.496 e. The zero-order valence-corrected chi connectivity index (χ0v) is 17.0. The van der Waals surface area contributed by atoms with Crippen molar-refractivity contribution in [3.63, 3.8) is 0 Å². The molecule has 0 radical (unpaired) electrons. The van der Waals surface area contributed by atoms with Crippen molar-refractivity contribution in [3.8, 4) is 5.75 Å². The van der Waals surface area contributed by atoms with E-state index in [1.807, 2.05) is 35.2 Å². The largest absolute Gasteiger partial charge is 0.505 e. The van der Waals surface area contributed by atoms with Gasteiger partial charge in [-0.25, -0.2) is 4.79 Å². The van der Waals surface area contributed by atoms with E-state index in [1.165, 1.54) is 0 Å². The van der Waals surface area contributed by atoms with E-state index in [4.69, 9.17) is 9.84 Å². The van der Waals surface area contributed by atoms with Crippen LogP contribution in [0, 0.1) is 0 Å². The van der Waals surface area contributed by atoms with E-state index >= 15 is 0 Å². The van der Waals surface area contributed by atoms with Gasteiger partial charge in [0.05, 0.1) is 25.9 Å². The number of aliphatic hydroxyl groups excluding tert-OH is 1. The quantitative estimate of drug-likeness (QED) is 0.333.